The summed E-state index contributed by atoms with van der Waals surface area (Å²) in [7, 11) is 0. The van der Waals surface area contributed by atoms with Crippen LogP contribution in [0.2, 0.25) is 0 Å². The summed E-state index contributed by atoms with van der Waals surface area (Å²) in [5.74, 6) is -0.991. The minimum Gasteiger partial charge on any atom is -0.398 e. The molecule has 6 heteroatoms. The van der Waals surface area contributed by atoms with Crippen LogP contribution in [-0.4, -0.2) is 16.5 Å². The van der Waals surface area contributed by atoms with E-state index >= 15 is 0 Å². The predicted molar refractivity (Wildman–Crippen MR) is 121 cm³/mol. The molecule has 3 aromatic rings. The standard InChI is InChI=1S/C25H24N2O4/c1-2-23(29)31-27-20(15-13-18-9-5-3-6-10-18)17-21(26)24(25(27)30)22(28)16-14-19-11-7-4-8-12-19/h3-13,15,17H,2,14,16,26H2,1H3. The number of carbonyl (C=O) groups is 2. The van der Waals surface area contributed by atoms with E-state index in [1.165, 1.54) is 6.07 Å². The molecule has 0 bridgehead atoms. The molecule has 2 aromatic carbocycles. The highest BCUT2D eigenvalue weighted by atomic mass is 16.7. The summed E-state index contributed by atoms with van der Waals surface area (Å²) in [6.45, 7) is 1.62. The van der Waals surface area contributed by atoms with Gasteiger partial charge in [-0.05, 0) is 29.7 Å². The molecule has 0 aliphatic rings. The highest BCUT2D eigenvalue weighted by Crippen LogP contribution is 2.16. The van der Waals surface area contributed by atoms with Crippen molar-refractivity contribution in [1.82, 2.24) is 4.73 Å². The molecule has 0 atom stereocenters. The molecule has 1 heterocycles. The number of nitrogens with two attached hydrogens (primary N) is 1. The Morgan fingerprint density at radius 3 is 2.29 bits per heavy atom. The minimum absolute atomic E-state index is 0.0552. The van der Waals surface area contributed by atoms with Crippen LogP contribution in [0.5, 0.6) is 0 Å². The van der Waals surface area contributed by atoms with E-state index in [-0.39, 0.29) is 29.8 Å². The molecule has 2 N–H and O–H groups in total. The Bertz CT molecular complexity index is 1150. The molecule has 1 aromatic heterocycles. The molecule has 0 amide bonds. The number of anilines is 1. The lowest BCUT2D eigenvalue weighted by molar-refractivity contribution is -0.144. The molecule has 3 rings (SSSR count). The summed E-state index contributed by atoms with van der Waals surface area (Å²) < 4.78 is 0.845. The molecule has 158 valence electrons. The van der Waals surface area contributed by atoms with Crippen molar-refractivity contribution in [3.05, 3.63) is 99.5 Å². The van der Waals surface area contributed by atoms with E-state index in [0.29, 0.717) is 6.42 Å². The van der Waals surface area contributed by atoms with Crippen LogP contribution in [0.15, 0.2) is 71.5 Å². The highest BCUT2D eigenvalue weighted by Gasteiger charge is 2.20. The minimum atomic E-state index is -0.743. The van der Waals surface area contributed by atoms with Gasteiger partial charge in [0.15, 0.2) is 5.78 Å². The number of ketones is 1. The third-order valence-electron chi connectivity index (χ3n) is 4.72. The lowest BCUT2D eigenvalue weighted by Crippen LogP contribution is -2.36. The van der Waals surface area contributed by atoms with Crippen molar-refractivity contribution in [3.8, 4) is 0 Å². The van der Waals surface area contributed by atoms with Gasteiger partial charge < -0.3 is 10.6 Å². The van der Waals surface area contributed by atoms with Crippen molar-refractivity contribution in [1.29, 1.82) is 0 Å². The Hall–Kier alpha value is -3.93. The maximum absolute atomic E-state index is 13.1. The van der Waals surface area contributed by atoms with Gasteiger partial charge >= 0.3 is 5.97 Å². The van der Waals surface area contributed by atoms with Crippen LogP contribution >= 0.6 is 0 Å². The summed E-state index contributed by atoms with van der Waals surface area (Å²) in [6, 6.07) is 20.4. The first kappa shape index (κ1) is 21.8. The highest BCUT2D eigenvalue weighted by molar-refractivity contribution is 6.00. The van der Waals surface area contributed by atoms with Crippen LogP contribution in [0.4, 0.5) is 5.69 Å². The molecule has 0 saturated heterocycles. The number of nitrogen functional groups attached to an aromatic ring is 1. The molecular weight excluding hydrogens is 392 g/mol. The second kappa shape index (κ2) is 10.2. The van der Waals surface area contributed by atoms with Crippen LogP contribution in [0.25, 0.3) is 12.2 Å². The van der Waals surface area contributed by atoms with Crippen LogP contribution in [0, 0.1) is 0 Å². The zero-order valence-corrected chi connectivity index (χ0v) is 17.3. The third-order valence-corrected chi connectivity index (χ3v) is 4.72. The number of benzene rings is 2. The summed E-state index contributed by atoms with van der Waals surface area (Å²) in [5.41, 5.74) is 7.37. The lowest BCUT2D eigenvalue weighted by Gasteiger charge is -2.13. The number of hydrogen-bond donors (Lipinski definition) is 1. The Balaban J connectivity index is 1.96. The molecule has 31 heavy (non-hydrogen) atoms. The van der Waals surface area contributed by atoms with Crippen LogP contribution in [-0.2, 0) is 11.2 Å². The molecule has 0 fully saturated rings. The van der Waals surface area contributed by atoms with Gasteiger partial charge in [0, 0.05) is 12.8 Å². The molecule has 0 saturated carbocycles. The van der Waals surface area contributed by atoms with Gasteiger partial charge in [-0.15, -0.1) is 4.73 Å². The van der Waals surface area contributed by atoms with Gasteiger partial charge in [0.2, 0.25) is 0 Å². The van der Waals surface area contributed by atoms with Crippen molar-refractivity contribution in [3.63, 3.8) is 0 Å². The topological polar surface area (TPSA) is 91.4 Å². The van der Waals surface area contributed by atoms with E-state index in [4.69, 9.17) is 10.6 Å². The van der Waals surface area contributed by atoms with Gasteiger partial charge in [-0.1, -0.05) is 73.7 Å². The molecule has 0 spiro atoms. The molecule has 0 unspecified atom stereocenters. The van der Waals surface area contributed by atoms with Gasteiger partial charge in [-0.25, -0.2) is 4.79 Å². The first-order valence-corrected chi connectivity index (χ1v) is 10.1. The summed E-state index contributed by atoms with van der Waals surface area (Å²) in [4.78, 5) is 43.0. The van der Waals surface area contributed by atoms with E-state index in [1.54, 1.807) is 19.1 Å². The number of nitrogens with zero attached hydrogens (tertiary/aromatic N) is 1. The number of Topliss-reactive ketones (excluding diaryl/α,β-unsaturated/α-hetero) is 1. The Kier molecular flexibility index (Phi) is 7.17. The van der Waals surface area contributed by atoms with Crippen molar-refractivity contribution < 1.29 is 14.4 Å². The normalized spacial score (nSPS) is 10.9. The fraction of sp³-hybridized carbons (Fsp3) is 0.160. The van der Waals surface area contributed by atoms with Crippen molar-refractivity contribution in [2.24, 2.45) is 0 Å². The largest absolute Gasteiger partial charge is 0.398 e. The van der Waals surface area contributed by atoms with E-state index in [2.05, 4.69) is 0 Å². The average Bonchev–Trinajstić information content (AvgIpc) is 2.79. The fourth-order valence-corrected chi connectivity index (χ4v) is 3.06. The molecular formula is C25H24N2O4. The monoisotopic (exact) mass is 416 g/mol. The lowest BCUT2D eigenvalue weighted by atomic mass is 10.0. The number of aryl methyl sites for hydroxylation is 1. The molecule has 0 aliphatic carbocycles. The van der Waals surface area contributed by atoms with Crippen molar-refractivity contribution in [2.45, 2.75) is 26.2 Å². The van der Waals surface area contributed by atoms with Gasteiger partial charge in [0.1, 0.15) is 5.56 Å². The van der Waals surface area contributed by atoms with E-state index < -0.39 is 17.3 Å². The molecule has 6 nitrogen and oxygen atoms in total. The smallest absolute Gasteiger partial charge is 0.332 e. The second-order valence-electron chi connectivity index (χ2n) is 6.97. The Morgan fingerprint density at radius 1 is 1.00 bits per heavy atom. The van der Waals surface area contributed by atoms with Gasteiger partial charge in [-0.2, -0.15) is 0 Å². The predicted octanol–water partition coefficient (Wildman–Crippen LogP) is 3.78. The number of aromatic nitrogens is 1. The molecule has 0 radical (unpaired) electrons. The van der Waals surface area contributed by atoms with Crippen molar-refractivity contribution >= 4 is 29.6 Å². The maximum atomic E-state index is 13.1. The molecule has 0 aliphatic heterocycles. The number of hydrogen-bond acceptors (Lipinski definition) is 5. The first-order chi connectivity index (χ1) is 15.0. The summed E-state index contributed by atoms with van der Waals surface area (Å²) in [6.07, 6.45) is 4.05. The van der Waals surface area contributed by atoms with Crippen molar-refractivity contribution in [2.75, 3.05) is 5.73 Å². The average molecular weight is 416 g/mol. The Morgan fingerprint density at radius 2 is 1.65 bits per heavy atom. The SMILES string of the molecule is CCC(=O)On1c(C=Cc2ccccc2)cc(N)c(C(=O)CCc2ccccc2)c1=O. The van der Waals surface area contributed by atoms with E-state index in [0.717, 1.165) is 15.9 Å². The van der Waals surface area contributed by atoms with Gasteiger partial charge in [0.25, 0.3) is 5.56 Å². The number of rotatable bonds is 8. The fourth-order valence-electron chi connectivity index (χ4n) is 3.06. The van der Waals surface area contributed by atoms with E-state index in [1.807, 2.05) is 60.7 Å². The van der Waals surface area contributed by atoms with E-state index in [9.17, 15) is 14.4 Å². The zero-order valence-electron chi connectivity index (χ0n) is 17.3. The Labute approximate surface area is 180 Å². The summed E-state index contributed by atoms with van der Waals surface area (Å²) >= 11 is 0. The maximum Gasteiger partial charge on any atom is 0.332 e. The number of pyridine rings is 1. The van der Waals surface area contributed by atoms with Gasteiger partial charge in [-0.3, -0.25) is 9.59 Å². The van der Waals surface area contributed by atoms with Gasteiger partial charge in [0.05, 0.1) is 11.4 Å². The van der Waals surface area contributed by atoms with Crippen LogP contribution < -0.4 is 16.1 Å². The van der Waals surface area contributed by atoms with Crippen LogP contribution in [0.3, 0.4) is 0 Å². The third kappa shape index (κ3) is 5.57. The quantitative estimate of drug-likeness (QED) is 0.564. The second-order valence-corrected chi connectivity index (χ2v) is 6.97. The zero-order chi connectivity index (χ0) is 22.2. The van der Waals surface area contributed by atoms with Crippen LogP contribution in [0.1, 0.15) is 46.9 Å². The number of carbonyl (C=O) groups excluding carboxylic acids is 2. The first-order valence-electron chi connectivity index (χ1n) is 10.1. The summed E-state index contributed by atoms with van der Waals surface area (Å²) in [5, 5.41) is 0.